The monoisotopic (exact) mass is 371 g/mol. The number of carbonyl (C=O) groups is 1. The molecule has 0 unspecified atom stereocenters. The van der Waals surface area contributed by atoms with Crippen molar-refractivity contribution >= 4 is 11.6 Å². The number of amides is 1. The second-order valence-electron chi connectivity index (χ2n) is 5.26. The topological polar surface area (TPSA) is 82.3 Å². The molecule has 2 aromatic rings. The zero-order chi connectivity index (χ0) is 19.3. The van der Waals surface area contributed by atoms with E-state index in [0.717, 1.165) is 17.0 Å². The summed E-state index contributed by atoms with van der Waals surface area (Å²) in [6.45, 7) is 0.0507. The molecule has 0 saturated heterocycles. The van der Waals surface area contributed by atoms with Gasteiger partial charge in [-0.3, -0.25) is 19.0 Å². The molecule has 0 aliphatic rings. The molecule has 0 aliphatic carbocycles. The van der Waals surface area contributed by atoms with Crippen molar-refractivity contribution in [3.8, 4) is 5.75 Å². The molecule has 0 spiro atoms. The quantitative estimate of drug-likeness (QED) is 0.783. The minimum absolute atomic E-state index is 0.251. The zero-order valence-corrected chi connectivity index (χ0v) is 13.7. The van der Waals surface area contributed by atoms with Crippen molar-refractivity contribution in [1.82, 2.24) is 9.13 Å². The SMILES string of the molecule is CCOc1ccccc1NC(=O)Cn1ccn(CC(F)(F)F)c(=O)c1=O. The molecule has 0 atom stereocenters. The summed E-state index contributed by atoms with van der Waals surface area (Å²) in [6, 6.07) is 6.62. The van der Waals surface area contributed by atoms with Crippen LogP contribution in [0.5, 0.6) is 5.75 Å². The number of aromatic nitrogens is 2. The molecule has 0 saturated carbocycles. The second kappa shape index (κ2) is 7.89. The highest BCUT2D eigenvalue weighted by atomic mass is 19.4. The third-order valence-corrected chi connectivity index (χ3v) is 3.26. The van der Waals surface area contributed by atoms with E-state index < -0.39 is 36.3 Å². The minimum atomic E-state index is -4.64. The highest BCUT2D eigenvalue weighted by Gasteiger charge is 2.28. The first-order valence-electron chi connectivity index (χ1n) is 7.59. The maximum atomic E-state index is 12.4. The molecule has 10 heteroatoms. The van der Waals surface area contributed by atoms with E-state index in [0.29, 0.717) is 18.0 Å². The Morgan fingerprint density at radius 3 is 2.38 bits per heavy atom. The highest BCUT2D eigenvalue weighted by Crippen LogP contribution is 2.23. The number of rotatable bonds is 6. The molecule has 26 heavy (non-hydrogen) atoms. The number of nitrogens with one attached hydrogen (secondary N) is 1. The summed E-state index contributed by atoms with van der Waals surface area (Å²) in [6.07, 6.45) is -2.86. The van der Waals surface area contributed by atoms with Gasteiger partial charge in [0.1, 0.15) is 18.8 Å². The van der Waals surface area contributed by atoms with Crippen molar-refractivity contribution in [1.29, 1.82) is 0 Å². The van der Waals surface area contributed by atoms with Crippen molar-refractivity contribution in [2.24, 2.45) is 0 Å². The first-order valence-corrected chi connectivity index (χ1v) is 7.59. The predicted molar refractivity (Wildman–Crippen MR) is 87.3 cm³/mol. The summed E-state index contributed by atoms with van der Waals surface area (Å²) in [5.41, 5.74) is -2.20. The number of hydrogen-bond donors (Lipinski definition) is 1. The lowest BCUT2D eigenvalue weighted by Gasteiger charge is -2.13. The molecule has 0 fully saturated rings. The Balaban J connectivity index is 2.16. The molecule has 140 valence electrons. The van der Waals surface area contributed by atoms with Crippen LogP contribution in [-0.2, 0) is 17.9 Å². The summed E-state index contributed by atoms with van der Waals surface area (Å²) in [7, 11) is 0. The first kappa shape index (κ1) is 19.3. The molecule has 0 bridgehead atoms. The zero-order valence-electron chi connectivity index (χ0n) is 13.7. The standard InChI is InChI=1S/C16H16F3N3O4/c1-2-26-12-6-4-3-5-11(12)20-13(23)9-21-7-8-22(10-16(17,18)19)15(25)14(21)24/h3-8H,2,9-10H2,1H3,(H,20,23). The Morgan fingerprint density at radius 2 is 1.73 bits per heavy atom. The highest BCUT2D eigenvalue weighted by molar-refractivity contribution is 5.92. The van der Waals surface area contributed by atoms with Crippen LogP contribution in [0.3, 0.4) is 0 Å². The Morgan fingerprint density at radius 1 is 1.12 bits per heavy atom. The maximum Gasteiger partial charge on any atom is 0.406 e. The third kappa shape index (κ3) is 4.98. The largest absolute Gasteiger partial charge is 0.492 e. The van der Waals surface area contributed by atoms with E-state index in [-0.39, 0.29) is 4.57 Å². The van der Waals surface area contributed by atoms with Gasteiger partial charge in [-0.05, 0) is 19.1 Å². The van der Waals surface area contributed by atoms with Gasteiger partial charge in [0.2, 0.25) is 5.91 Å². The lowest BCUT2D eigenvalue weighted by Crippen LogP contribution is -2.43. The first-order chi connectivity index (χ1) is 12.2. The molecule has 2 rings (SSSR count). The smallest absolute Gasteiger partial charge is 0.406 e. The predicted octanol–water partition coefficient (Wildman–Crippen LogP) is 1.61. The lowest BCUT2D eigenvalue weighted by atomic mass is 10.3. The maximum absolute atomic E-state index is 12.4. The van der Waals surface area contributed by atoms with E-state index in [4.69, 9.17) is 4.74 Å². The van der Waals surface area contributed by atoms with Crippen molar-refractivity contribution in [2.45, 2.75) is 26.2 Å². The number of anilines is 1. The summed E-state index contributed by atoms with van der Waals surface area (Å²) in [4.78, 5) is 35.7. The number of benzene rings is 1. The number of ether oxygens (including phenoxy) is 1. The molecule has 7 nitrogen and oxygen atoms in total. The molecule has 0 aliphatic heterocycles. The Bertz CT molecular complexity index is 903. The van der Waals surface area contributed by atoms with Gasteiger partial charge in [-0.2, -0.15) is 13.2 Å². The van der Waals surface area contributed by atoms with Crippen molar-refractivity contribution in [2.75, 3.05) is 11.9 Å². The van der Waals surface area contributed by atoms with Crippen molar-refractivity contribution in [3.63, 3.8) is 0 Å². The van der Waals surface area contributed by atoms with Gasteiger partial charge < -0.3 is 14.6 Å². The van der Waals surface area contributed by atoms with Crippen molar-refractivity contribution < 1.29 is 22.7 Å². The number of alkyl halides is 3. The molecule has 1 N–H and O–H groups in total. The van der Waals surface area contributed by atoms with Gasteiger partial charge in [-0.1, -0.05) is 12.1 Å². The fourth-order valence-electron chi connectivity index (χ4n) is 2.18. The number of para-hydroxylation sites is 2. The van der Waals surface area contributed by atoms with Crippen LogP contribution in [0.4, 0.5) is 18.9 Å². The number of nitrogens with zero attached hydrogens (tertiary/aromatic N) is 2. The Kier molecular flexibility index (Phi) is 5.86. The molecule has 1 heterocycles. The Hall–Kier alpha value is -3.04. The summed E-state index contributed by atoms with van der Waals surface area (Å²) >= 11 is 0. The second-order valence-corrected chi connectivity index (χ2v) is 5.26. The molecule has 1 amide bonds. The minimum Gasteiger partial charge on any atom is -0.492 e. The van der Waals surface area contributed by atoms with E-state index in [1.165, 1.54) is 0 Å². The van der Waals surface area contributed by atoms with Crippen LogP contribution in [0.2, 0.25) is 0 Å². The Labute approximate surface area is 145 Å². The molecule has 0 radical (unpaired) electrons. The van der Waals surface area contributed by atoms with Crippen LogP contribution in [-0.4, -0.2) is 27.8 Å². The van der Waals surface area contributed by atoms with Gasteiger partial charge in [0.05, 0.1) is 12.3 Å². The van der Waals surface area contributed by atoms with Crippen LogP contribution < -0.4 is 21.2 Å². The van der Waals surface area contributed by atoms with Gasteiger partial charge in [0, 0.05) is 12.4 Å². The van der Waals surface area contributed by atoms with Crippen LogP contribution in [0, 0.1) is 0 Å². The number of hydrogen-bond acceptors (Lipinski definition) is 4. The van der Waals surface area contributed by atoms with Crippen LogP contribution >= 0.6 is 0 Å². The number of halogens is 3. The average Bonchev–Trinajstić information content (AvgIpc) is 2.55. The molecule has 1 aromatic heterocycles. The van der Waals surface area contributed by atoms with Crippen LogP contribution in [0.1, 0.15) is 6.92 Å². The normalized spacial score (nSPS) is 11.2. The van der Waals surface area contributed by atoms with E-state index in [9.17, 15) is 27.6 Å². The summed E-state index contributed by atoms with van der Waals surface area (Å²) in [5, 5.41) is 2.53. The van der Waals surface area contributed by atoms with E-state index >= 15 is 0 Å². The fourth-order valence-corrected chi connectivity index (χ4v) is 2.18. The summed E-state index contributed by atoms with van der Waals surface area (Å²) in [5.74, 6) is -0.205. The van der Waals surface area contributed by atoms with Crippen molar-refractivity contribution in [3.05, 3.63) is 57.4 Å². The average molecular weight is 371 g/mol. The molecular weight excluding hydrogens is 355 g/mol. The van der Waals surface area contributed by atoms with E-state index in [1.54, 1.807) is 31.2 Å². The van der Waals surface area contributed by atoms with Gasteiger partial charge in [0.15, 0.2) is 0 Å². The third-order valence-electron chi connectivity index (χ3n) is 3.26. The molecular formula is C16H16F3N3O4. The fraction of sp³-hybridized carbons (Fsp3) is 0.312. The summed E-state index contributed by atoms with van der Waals surface area (Å²) < 4.78 is 43.4. The molecule has 1 aromatic carbocycles. The number of carbonyl (C=O) groups excluding carboxylic acids is 1. The lowest BCUT2D eigenvalue weighted by molar-refractivity contribution is -0.141. The van der Waals surface area contributed by atoms with E-state index in [1.807, 2.05) is 0 Å². The van der Waals surface area contributed by atoms with Gasteiger partial charge >= 0.3 is 17.3 Å². The van der Waals surface area contributed by atoms with Gasteiger partial charge in [0.25, 0.3) is 0 Å². The van der Waals surface area contributed by atoms with Crippen LogP contribution in [0.15, 0.2) is 46.2 Å². The van der Waals surface area contributed by atoms with Gasteiger partial charge in [-0.25, -0.2) is 0 Å². The van der Waals surface area contributed by atoms with Gasteiger partial charge in [-0.15, -0.1) is 0 Å². The van der Waals surface area contributed by atoms with Crippen LogP contribution in [0.25, 0.3) is 0 Å². The van der Waals surface area contributed by atoms with E-state index in [2.05, 4.69) is 5.32 Å².